The molecular formula is C36H39Cl2N3O4S2. The van der Waals surface area contributed by atoms with Crippen LogP contribution in [0.1, 0.15) is 37.0 Å². The van der Waals surface area contributed by atoms with Crippen molar-refractivity contribution in [1.82, 2.24) is 10.2 Å². The molecule has 7 nitrogen and oxygen atoms in total. The van der Waals surface area contributed by atoms with Gasteiger partial charge in [-0.3, -0.25) is 13.9 Å². The van der Waals surface area contributed by atoms with Gasteiger partial charge in [-0.2, -0.15) is 0 Å². The van der Waals surface area contributed by atoms with E-state index in [-0.39, 0.29) is 29.8 Å². The second kappa shape index (κ2) is 16.6. The molecule has 4 rings (SSSR count). The van der Waals surface area contributed by atoms with Crippen molar-refractivity contribution in [2.45, 2.75) is 62.0 Å². The van der Waals surface area contributed by atoms with Gasteiger partial charge in [0.1, 0.15) is 12.6 Å². The van der Waals surface area contributed by atoms with Gasteiger partial charge >= 0.3 is 0 Å². The van der Waals surface area contributed by atoms with Crippen LogP contribution in [0.4, 0.5) is 5.69 Å². The van der Waals surface area contributed by atoms with Crippen molar-refractivity contribution in [3.05, 3.63) is 124 Å². The van der Waals surface area contributed by atoms with Crippen LogP contribution < -0.4 is 9.62 Å². The molecule has 47 heavy (non-hydrogen) atoms. The molecule has 0 aliphatic carbocycles. The van der Waals surface area contributed by atoms with Crippen molar-refractivity contribution in [3.8, 4) is 0 Å². The lowest BCUT2D eigenvalue weighted by Gasteiger charge is -2.34. The van der Waals surface area contributed by atoms with Gasteiger partial charge in [-0.25, -0.2) is 8.42 Å². The number of hydrogen-bond donors (Lipinski definition) is 1. The number of aryl methyl sites for hydroxylation is 1. The summed E-state index contributed by atoms with van der Waals surface area (Å²) in [5.74, 6) is -0.893. The van der Waals surface area contributed by atoms with Gasteiger partial charge in [0.05, 0.1) is 20.6 Å². The van der Waals surface area contributed by atoms with Crippen LogP contribution in [0.15, 0.2) is 107 Å². The topological polar surface area (TPSA) is 86.8 Å². The van der Waals surface area contributed by atoms with E-state index in [1.54, 1.807) is 54.6 Å². The number of carbonyl (C=O) groups is 2. The van der Waals surface area contributed by atoms with E-state index < -0.39 is 28.5 Å². The van der Waals surface area contributed by atoms with Gasteiger partial charge < -0.3 is 10.2 Å². The first-order valence-corrected chi connectivity index (χ1v) is 18.7. The fourth-order valence-corrected chi connectivity index (χ4v) is 7.09. The van der Waals surface area contributed by atoms with E-state index in [0.29, 0.717) is 27.7 Å². The summed E-state index contributed by atoms with van der Waals surface area (Å²) in [6.45, 7) is 5.21. The Labute approximate surface area is 292 Å². The smallest absolute Gasteiger partial charge is 0.264 e. The number of benzene rings is 4. The Bertz CT molecular complexity index is 1770. The van der Waals surface area contributed by atoms with Crippen LogP contribution >= 0.6 is 35.0 Å². The van der Waals surface area contributed by atoms with Gasteiger partial charge in [-0.05, 0) is 86.2 Å². The molecule has 11 heteroatoms. The summed E-state index contributed by atoms with van der Waals surface area (Å²) in [6.07, 6.45) is 2.81. The molecule has 2 amide bonds. The molecule has 0 heterocycles. The highest BCUT2D eigenvalue weighted by atomic mass is 35.5. The number of nitrogens with one attached hydrogen (secondary N) is 1. The van der Waals surface area contributed by atoms with Crippen LogP contribution in [0, 0.1) is 6.92 Å². The summed E-state index contributed by atoms with van der Waals surface area (Å²) in [7, 11) is -4.20. The number of anilines is 1. The van der Waals surface area contributed by atoms with Crippen LogP contribution in [0.2, 0.25) is 10.0 Å². The van der Waals surface area contributed by atoms with Crippen LogP contribution in [-0.4, -0.2) is 50.0 Å². The standard InChI is InChI=1S/C36H39Cl2N3O4S2/c1-5-26(3)39-36(43)34(22-27-9-7-6-8-10-27)40(23-28-13-20-32(37)33(38)21-28)35(42)24-41(29-14-11-25(2)12-15-29)47(44,45)31-18-16-30(46-4)17-19-31/h6-21,26,34H,5,22-24H2,1-4H3,(H,39,43)/t26-,34+/m0/s1. The zero-order valence-corrected chi connectivity index (χ0v) is 30.0. The maximum atomic E-state index is 14.6. The maximum Gasteiger partial charge on any atom is 0.264 e. The maximum absolute atomic E-state index is 14.6. The molecular weight excluding hydrogens is 673 g/mol. The molecule has 0 spiro atoms. The number of hydrogen-bond acceptors (Lipinski definition) is 5. The van der Waals surface area contributed by atoms with Gasteiger partial charge in [0, 0.05) is 23.9 Å². The zero-order chi connectivity index (χ0) is 34.1. The lowest BCUT2D eigenvalue weighted by molar-refractivity contribution is -0.140. The van der Waals surface area contributed by atoms with E-state index in [1.807, 2.05) is 57.4 Å². The molecule has 0 fully saturated rings. The number of nitrogens with zero attached hydrogens (tertiary/aromatic N) is 2. The summed E-state index contributed by atoms with van der Waals surface area (Å²) in [6, 6.07) is 26.8. The molecule has 0 saturated carbocycles. The predicted octanol–water partition coefficient (Wildman–Crippen LogP) is 7.77. The summed E-state index contributed by atoms with van der Waals surface area (Å²) in [5, 5.41) is 3.69. The molecule has 0 bridgehead atoms. The van der Waals surface area contributed by atoms with Crippen LogP contribution in [-0.2, 0) is 32.6 Å². The largest absolute Gasteiger partial charge is 0.352 e. The SMILES string of the molecule is CC[C@H](C)NC(=O)[C@@H](Cc1ccccc1)N(Cc1ccc(Cl)c(Cl)c1)C(=O)CN(c1ccc(C)cc1)S(=O)(=O)c1ccc(SC)cc1. The van der Waals surface area contributed by atoms with Crippen LogP contribution in [0.3, 0.4) is 0 Å². The lowest BCUT2D eigenvalue weighted by Crippen LogP contribution is -2.54. The third-order valence-corrected chi connectivity index (χ3v) is 11.1. The Kier molecular flexibility index (Phi) is 12.8. The van der Waals surface area contributed by atoms with Gasteiger partial charge in [0.25, 0.3) is 10.0 Å². The van der Waals surface area contributed by atoms with Crippen molar-refractivity contribution in [2.75, 3.05) is 17.1 Å². The number of thioether (sulfide) groups is 1. The molecule has 0 unspecified atom stereocenters. The van der Waals surface area contributed by atoms with Crippen LogP contribution in [0.25, 0.3) is 0 Å². The molecule has 0 aliphatic heterocycles. The number of amides is 2. The lowest BCUT2D eigenvalue weighted by atomic mass is 10.0. The van der Waals surface area contributed by atoms with Crippen molar-refractivity contribution >= 4 is 62.5 Å². The Hall–Kier alpha value is -3.50. The molecule has 248 valence electrons. The Morgan fingerprint density at radius 3 is 2.13 bits per heavy atom. The minimum Gasteiger partial charge on any atom is -0.352 e. The number of sulfonamides is 1. The van der Waals surface area contributed by atoms with Gasteiger partial charge in [-0.1, -0.05) is 84.2 Å². The Morgan fingerprint density at radius 1 is 0.872 bits per heavy atom. The molecule has 0 radical (unpaired) electrons. The molecule has 1 N–H and O–H groups in total. The van der Waals surface area contributed by atoms with E-state index >= 15 is 0 Å². The van der Waals surface area contributed by atoms with E-state index in [0.717, 1.165) is 20.3 Å². The van der Waals surface area contributed by atoms with Gasteiger partial charge in [0.2, 0.25) is 11.8 Å². The fourth-order valence-electron chi connectivity index (χ4n) is 4.94. The summed E-state index contributed by atoms with van der Waals surface area (Å²) >= 11 is 14.1. The van der Waals surface area contributed by atoms with Gasteiger partial charge in [0.15, 0.2) is 0 Å². The van der Waals surface area contributed by atoms with Crippen molar-refractivity contribution < 1.29 is 18.0 Å². The van der Waals surface area contributed by atoms with Crippen molar-refractivity contribution in [2.24, 2.45) is 0 Å². The number of rotatable bonds is 14. The van der Waals surface area contributed by atoms with E-state index in [9.17, 15) is 18.0 Å². The third kappa shape index (κ3) is 9.54. The van der Waals surface area contributed by atoms with Crippen LogP contribution in [0.5, 0.6) is 0 Å². The van der Waals surface area contributed by atoms with E-state index in [2.05, 4.69) is 5.32 Å². The summed E-state index contributed by atoms with van der Waals surface area (Å²) in [5.41, 5.74) is 2.75. The normalized spacial score (nSPS) is 12.6. The quantitative estimate of drug-likeness (QED) is 0.135. The minimum absolute atomic E-state index is 0.00858. The summed E-state index contributed by atoms with van der Waals surface area (Å²) < 4.78 is 29.6. The van der Waals surface area contributed by atoms with E-state index in [1.165, 1.54) is 28.8 Å². The average Bonchev–Trinajstić information content (AvgIpc) is 3.07. The first kappa shape index (κ1) is 36.3. The van der Waals surface area contributed by atoms with Crippen molar-refractivity contribution in [1.29, 1.82) is 0 Å². The zero-order valence-electron chi connectivity index (χ0n) is 26.8. The fraction of sp³-hybridized carbons (Fsp3) is 0.278. The highest BCUT2D eigenvalue weighted by Crippen LogP contribution is 2.28. The summed E-state index contributed by atoms with van der Waals surface area (Å²) in [4.78, 5) is 31.0. The first-order chi connectivity index (χ1) is 22.4. The molecule has 0 saturated heterocycles. The van der Waals surface area contributed by atoms with Crippen molar-refractivity contribution in [3.63, 3.8) is 0 Å². The Morgan fingerprint density at radius 2 is 1.53 bits per heavy atom. The second-order valence-electron chi connectivity index (χ2n) is 11.3. The van der Waals surface area contributed by atoms with Gasteiger partial charge in [-0.15, -0.1) is 11.8 Å². The first-order valence-electron chi connectivity index (χ1n) is 15.2. The molecule has 2 atom stereocenters. The average molecular weight is 713 g/mol. The molecule has 4 aromatic carbocycles. The highest BCUT2D eigenvalue weighted by Gasteiger charge is 2.35. The number of halogens is 2. The third-order valence-electron chi connectivity index (χ3n) is 7.86. The minimum atomic E-state index is -4.20. The Balaban J connectivity index is 1.82. The monoisotopic (exact) mass is 711 g/mol. The molecule has 4 aromatic rings. The molecule has 0 aromatic heterocycles. The highest BCUT2D eigenvalue weighted by molar-refractivity contribution is 7.98. The number of carbonyl (C=O) groups excluding carboxylic acids is 2. The molecule has 0 aliphatic rings. The van der Waals surface area contributed by atoms with E-state index in [4.69, 9.17) is 23.2 Å². The second-order valence-corrected chi connectivity index (χ2v) is 14.9. The predicted molar refractivity (Wildman–Crippen MR) is 193 cm³/mol.